The van der Waals surface area contributed by atoms with Gasteiger partial charge in [-0.3, -0.25) is 0 Å². The van der Waals surface area contributed by atoms with E-state index in [0.717, 1.165) is 0 Å². The van der Waals surface area contributed by atoms with Crippen LogP contribution in [0.4, 0.5) is 5.69 Å². The van der Waals surface area contributed by atoms with Gasteiger partial charge < -0.3 is 19.9 Å². The van der Waals surface area contributed by atoms with Crippen molar-refractivity contribution in [1.82, 2.24) is 0 Å². The monoisotopic (exact) mass is 251 g/mol. The molecule has 0 amide bonds. The van der Waals surface area contributed by atoms with E-state index in [0.29, 0.717) is 29.5 Å². The molecule has 0 saturated heterocycles. The summed E-state index contributed by atoms with van der Waals surface area (Å²) in [5.41, 5.74) is 6.51. The summed E-state index contributed by atoms with van der Waals surface area (Å²) in [7, 11) is 1.52. The summed E-state index contributed by atoms with van der Waals surface area (Å²) in [6.45, 7) is 0.652. The minimum absolute atomic E-state index is 0.0126. The van der Waals surface area contributed by atoms with Gasteiger partial charge in [-0.25, -0.2) is 4.79 Å². The number of ether oxygens (including phenoxy) is 3. The molecule has 2 rings (SSSR count). The molecular formula is C13H17NO4. The lowest BCUT2D eigenvalue weighted by molar-refractivity contribution is -0.0344. The number of methoxy groups -OCH3 is 1. The van der Waals surface area contributed by atoms with Gasteiger partial charge in [0, 0.05) is 0 Å². The highest BCUT2D eigenvalue weighted by Crippen LogP contribution is 2.28. The molecule has 0 aliphatic heterocycles. The number of carbonyl (C=O) groups excluding carboxylic acids is 1. The number of nitrogen functional groups attached to an aromatic ring is 1. The highest BCUT2D eigenvalue weighted by atomic mass is 16.7. The van der Waals surface area contributed by atoms with Crippen LogP contribution in [0.1, 0.15) is 23.2 Å². The van der Waals surface area contributed by atoms with Crippen molar-refractivity contribution >= 4 is 11.7 Å². The summed E-state index contributed by atoms with van der Waals surface area (Å²) >= 11 is 0. The average molecular weight is 251 g/mol. The fraction of sp³-hybridized carbons (Fsp3) is 0.462. The van der Waals surface area contributed by atoms with E-state index in [-0.39, 0.29) is 6.79 Å². The number of carbonyl (C=O) groups is 1. The SMILES string of the molecule is COc1ccc(C(=O)OCOCC2CC2)cc1N. The average Bonchev–Trinajstić information content (AvgIpc) is 3.18. The number of benzene rings is 1. The van der Waals surface area contributed by atoms with Gasteiger partial charge in [0.1, 0.15) is 5.75 Å². The maximum absolute atomic E-state index is 11.7. The van der Waals surface area contributed by atoms with Gasteiger partial charge in [0.25, 0.3) is 0 Å². The second kappa shape index (κ2) is 5.73. The molecule has 1 saturated carbocycles. The van der Waals surface area contributed by atoms with Gasteiger partial charge in [0.2, 0.25) is 0 Å². The predicted octanol–water partition coefficient (Wildman–Crippen LogP) is 1.82. The quantitative estimate of drug-likeness (QED) is 0.361. The molecule has 98 valence electrons. The summed E-state index contributed by atoms with van der Waals surface area (Å²) in [5, 5.41) is 0. The van der Waals surface area contributed by atoms with Crippen molar-refractivity contribution in [3.05, 3.63) is 23.8 Å². The van der Waals surface area contributed by atoms with Gasteiger partial charge in [-0.15, -0.1) is 0 Å². The summed E-state index contributed by atoms with van der Waals surface area (Å²) in [6, 6.07) is 4.78. The lowest BCUT2D eigenvalue weighted by Crippen LogP contribution is -2.10. The lowest BCUT2D eigenvalue weighted by atomic mass is 10.2. The first-order valence-corrected chi connectivity index (χ1v) is 5.89. The molecule has 1 aliphatic carbocycles. The smallest absolute Gasteiger partial charge is 0.340 e. The van der Waals surface area contributed by atoms with Crippen molar-refractivity contribution in [3.63, 3.8) is 0 Å². The van der Waals surface area contributed by atoms with Gasteiger partial charge in [0.15, 0.2) is 6.79 Å². The van der Waals surface area contributed by atoms with Gasteiger partial charge >= 0.3 is 5.97 Å². The molecule has 1 aliphatic rings. The highest BCUT2D eigenvalue weighted by Gasteiger charge is 2.21. The van der Waals surface area contributed by atoms with E-state index in [1.165, 1.54) is 26.0 Å². The number of esters is 1. The minimum Gasteiger partial charge on any atom is -0.495 e. The zero-order chi connectivity index (χ0) is 13.0. The van der Waals surface area contributed by atoms with E-state index < -0.39 is 5.97 Å². The third kappa shape index (κ3) is 3.37. The van der Waals surface area contributed by atoms with E-state index >= 15 is 0 Å². The van der Waals surface area contributed by atoms with Crippen LogP contribution in [0.3, 0.4) is 0 Å². The third-order valence-corrected chi connectivity index (χ3v) is 2.79. The second-order valence-corrected chi connectivity index (χ2v) is 4.32. The number of hydrogen-bond acceptors (Lipinski definition) is 5. The highest BCUT2D eigenvalue weighted by molar-refractivity contribution is 5.90. The first-order chi connectivity index (χ1) is 8.70. The fourth-order valence-corrected chi connectivity index (χ4v) is 1.54. The van der Waals surface area contributed by atoms with Crippen LogP contribution in [-0.4, -0.2) is 26.5 Å². The normalized spacial score (nSPS) is 14.3. The molecule has 5 nitrogen and oxygen atoms in total. The van der Waals surface area contributed by atoms with Crippen LogP contribution >= 0.6 is 0 Å². The van der Waals surface area contributed by atoms with Crippen LogP contribution in [0.15, 0.2) is 18.2 Å². The Morgan fingerprint density at radius 2 is 2.22 bits per heavy atom. The van der Waals surface area contributed by atoms with E-state index in [1.54, 1.807) is 12.1 Å². The lowest BCUT2D eigenvalue weighted by Gasteiger charge is -2.08. The first-order valence-electron chi connectivity index (χ1n) is 5.89. The van der Waals surface area contributed by atoms with E-state index in [2.05, 4.69) is 0 Å². The molecular weight excluding hydrogens is 234 g/mol. The van der Waals surface area contributed by atoms with Crippen molar-refractivity contribution in [2.24, 2.45) is 5.92 Å². The Labute approximate surface area is 106 Å². The second-order valence-electron chi connectivity index (χ2n) is 4.32. The summed E-state index contributed by atoms with van der Waals surface area (Å²) in [4.78, 5) is 11.7. The number of nitrogens with two attached hydrogens (primary N) is 1. The van der Waals surface area contributed by atoms with Crippen LogP contribution in [0, 0.1) is 5.92 Å². The third-order valence-electron chi connectivity index (χ3n) is 2.79. The van der Waals surface area contributed by atoms with E-state index in [4.69, 9.17) is 19.9 Å². The zero-order valence-corrected chi connectivity index (χ0v) is 10.3. The molecule has 0 spiro atoms. The van der Waals surface area contributed by atoms with E-state index in [1.807, 2.05) is 0 Å². The molecule has 0 heterocycles. The van der Waals surface area contributed by atoms with Gasteiger partial charge in [-0.05, 0) is 37.0 Å². The van der Waals surface area contributed by atoms with Gasteiger partial charge in [-0.2, -0.15) is 0 Å². The molecule has 18 heavy (non-hydrogen) atoms. The Kier molecular flexibility index (Phi) is 4.04. The molecule has 0 bridgehead atoms. The van der Waals surface area contributed by atoms with Crippen LogP contribution in [0.5, 0.6) is 5.75 Å². The Hall–Kier alpha value is -1.75. The maximum atomic E-state index is 11.7. The van der Waals surface area contributed by atoms with Gasteiger partial charge in [-0.1, -0.05) is 0 Å². The maximum Gasteiger partial charge on any atom is 0.340 e. The topological polar surface area (TPSA) is 70.8 Å². The van der Waals surface area contributed by atoms with Crippen LogP contribution in [0.2, 0.25) is 0 Å². The molecule has 1 aromatic rings. The summed E-state index contributed by atoms with van der Waals surface area (Å²) < 4.78 is 15.2. The number of hydrogen-bond donors (Lipinski definition) is 1. The number of anilines is 1. The first kappa shape index (κ1) is 12.7. The molecule has 5 heteroatoms. The van der Waals surface area contributed by atoms with Crippen LogP contribution in [0.25, 0.3) is 0 Å². The Morgan fingerprint density at radius 3 is 2.83 bits per heavy atom. The van der Waals surface area contributed by atoms with Crippen LogP contribution in [-0.2, 0) is 9.47 Å². The Bertz CT molecular complexity index is 429. The Balaban J connectivity index is 1.81. The standard InChI is InChI=1S/C13H17NO4/c1-16-12-5-4-10(6-11(12)14)13(15)18-8-17-7-9-2-3-9/h4-6,9H,2-3,7-8,14H2,1H3. The fourth-order valence-electron chi connectivity index (χ4n) is 1.54. The molecule has 1 aromatic carbocycles. The van der Waals surface area contributed by atoms with Gasteiger partial charge in [0.05, 0.1) is 25.0 Å². The molecule has 0 aromatic heterocycles. The van der Waals surface area contributed by atoms with Crippen molar-refractivity contribution < 1.29 is 19.0 Å². The van der Waals surface area contributed by atoms with E-state index in [9.17, 15) is 4.79 Å². The predicted molar refractivity (Wildman–Crippen MR) is 66.4 cm³/mol. The Morgan fingerprint density at radius 1 is 1.44 bits per heavy atom. The summed E-state index contributed by atoms with van der Waals surface area (Å²) in [6.07, 6.45) is 2.42. The number of rotatable bonds is 6. The largest absolute Gasteiger partial charge is 0.495 e. The van der Waals surface area contributed by atoms with Crippen LogP contribution < -0.4 is 10.5 Å². The molecule has 0 atom stereocenters. The zero-order valence-electron chi connectivity index (χ0n) is 10.3. The van der Waals surface area contributed by atoms with Crippen molar-refractivity contribution in [3.8, 4) is 5.75 Å². The molecule has 0 unspecified atom stereocenters. The van der Waals surface area contributed by atoms with Crippen molar-refractivity contribution in [2.75, 3.05) is 26.2 Å². The molecule has 2 N–H and O–H groups in total. The molecule has 0 radical (unpaired) electrons. The van der Waals surface area contributed by atoms with Crippen molar-refractivity contribution in [1.29, 1.82) is 0 Å². The molecule has 1 fully saturated rings. The minimum atomic E-state index is -0.444. The van der Waals surface area contributed by atoms with Crippen molar-refractivity contribution in [2.45, 2.75) is 12.8 Å². The summed E-state index contributed by atoms with van der Waals surface area (Å²) in [5.74, 6) is 0.747.